The molecule has 0 radical (unpaired) electrons. The van der Waals surface area contributed by atoms with Gasteiger partial charge in [0.2, 0.25) is 0 Å². The first kappa shape index (κ1) is 15.3. The number of ketones is 1. The molecule has 4 heteroatoms. The highest BCUT2D eigenvalue weighted by molar-refractivity contribution is 5.97. The van der Waals surface area contributed by atoms with E-state index >= 15 is 0 Å². The molecule has 21 heavy (non-hydrogen) atoms. The van der Waals surface area contributed by atoms with Crippen molar-refractivity contribution in [2.24, 2.45) is 5.92 Å². The second kappa shape index (κ2) is 7.07. The van der Waals surface area contributed by atoms with Crippen molar-refractivity contribution in [2.75, 3.05) is 11.9 Å². The second-order valence-electron chi connectivity index (χ2n) is 5.27. The van der Waals surface area contributed by atoms with E-state index in [0.717, 1.165) is 30.5 Å². The normalized spacial score (nSPS) is 20.4. The van der Waals surface area contributed by atoms with E-state index in [9.17, 15) is 9.59 Å². The predicted octanol–water partition coefficient (Wildman–Crippen LogP) is 3.55. The van der Waals surface area contributed by atoms with Crippen LogP contribution in [0.3, 0.4) is 0 Å². The number of benzene rings is 1. The number of esters is 1. The molecule has 0 unspecified atom stereocenters. The summed E-state index contributed by atoms with van der Waals surface area (Å²) in [7, 11) is 0. The van der Waals surface area contributed by atoms with E-state index < -0.39 is 0 Å². The maximum absolute atomic E-state index is 12.0. The predicted molar refractivity (Wildman–Crippen MR) is 82.1 cm³/mol. The third-order valence-electron chi connectivity index (χ3n) is 3.66. The van der Waals surface area contributed by atoms with Crippen LogP contribution >= 0.6 is 0 Å². The van der Waals surface area contributed by atoms with Gasteiger partial charge in [-0.2, -0.15) is 0 Å². The Hall–Kier alpha value is -2.10. The minimum atomic E-state index is -0.321. The van der Waals surface area contributed by atoms with Crippen LogP contribution in [-0.2, 0) is 9.53 Å². The van der Waals surface area contributed by atoms with Crippen molar-refractivity contribution in [2.45, 2.75) is 33.1 Å². The Morgan fingerprint density at radius 3 is 2.76 bits per heavy atom. The van der Waals surface area contributed by atoms with Gasteiger partial charge in [0.15, 0.2) is 5.78 Å². The topological polar surface area (TPSA) is 55.4 Å². The quantitative estimate of drug-likeness (QED) is 0.679. The second-order valence-corrected chi connectivity index (χ2v) is 5.27. The van der Waals surface area contributed by atoms with E-state index in [0.29, 0.717) is 12.2 Å². The summed E-state index contributed by atoms with van der Waals surface area (Å²) >= 11 is 0. The summed E-state index contributed by atoms with van der Waals surface area (Å²) in [6.07, 6.45) is 4.65. The standard InChI is InChI=1S/C17H21NO3/c1-3-21-17(20)13-7-9-15(10-8-13)18-11-14-6-4-5-12(2)16(14)19/h7-12,18H,3-6H2,1-2H3/b14-11-/t12-/m0/s1. The summed E-state index contributed by atoms with van der Waals surface area (Å²) in [5.74, 6) is 0.0357. The molecular weight excluding hydrogens is 266 g/mol. The number of ether oxygens (including phenoxy) is 1. The van der Waals surface area contributed by atoms with Crippen LogP contribution < -0.4 is 5.32 Å². The fraction of sp³-hybridized carbons (Fsp3) is 0.412. The number of carbonyl (C=O) groups is 2. The van der Waals surface area contributed by atoms with Crippen LogP contribution in [0.4, 0.5) is 5.69 Å². The molecule has 1 fully saturated rings. The minimum absolute atomic E-state index is 0.123. The van der Waals surface area contributed by atoms with Gasteiger partial charge >= 0.3 is 5.97 Å². The average Bonchev–Trinajstić information content (AvgIpc) is 2.49. The molecule has 0 aliphatic heterocycles. The van der Waals surface area contributed by atoms with Gasteiger partial charge in [-0.25, -0.2) is 4.79 Å². The number of hydrogen-bond acceptors (Lipinski definition) is 4. The molecule has 4 nitrogen and oxygen atoms in total. The van der Waals surface area contributed by atoms with Crippen molar-refractivity contribution in [1.82, 2.24) is 0 Å². The van der Waals surface area contributed by atoms with Gasteiger partial charge in [-0.15, -0.1) is 0 Å². The largest absolute Gasteiger partial charge is 0.462 e. The van der Waals surface area contributed by atoms with E-state index in [1.807, 2.05) is 6.92 Å². The molecule has 1 atom stereocenters. The van der Waals surface area contributed by atoms with Crippen LogP contribution in [0.25, 0.3) is 0 Å². The number of rotatable bonds is 4. The van der Waals surface area contributed by atoms with Gasteiger partial charge in [-0.3, -0.25) is 4.79 Å². The van der Waals surface area contributed by atoms with E-state index in [1.165, 1.54) is 0 Å². The summed E-state index contributed by atoms with van der Waals surface area (Å²) in [6.45, 7) is 4.12. The van der Waals surface area contributed by atoms with Crippen molar-refractivity contribution in [3.8, 4) is 0 Å². The first-order valence-electron chi connectivity index (χ1n) is 7.38. The van der Waals surface area contributed by atoms with Crippen molar-refractivity contribution >= 4 is 17.4 Å². The highest BCUT2D eigenvalue weighted by atomic mass is 16.5. The van der Waals surface area contributed by atoms with Crippen LogP contribution in [0.5, 0.6) is 0 Å². The molecule has 112 valence electrons. The lowest BCUT2D eigenvalue weighted by molar-refractivity contribution is -0.119. The Balaban J connectivity index is 2.00. The summed E-state index contributed by atoms with van der Waals surface area (Å²) < 4.78 is 4.93. The third kappa shape index (κ3) is 3.94. The van der Waals surface area contributed by atoms with Gasteiger partial charge in [-0.1, -0.05) is 6.92 Å². The molecule has 0 amide bonds. The molecule has 1 aromatic carbocycles. The smallest absolute Gasteiger partial charge is 0.338 e. The van der Waals surface area contributed by atoms with Gasteiger partial charge in [-0.05, 0) is 50.5 Å². The number of allylic oxidation sites excluding steroid dienone is 1. The molecule has 0 aromatic heterocycles. The maximum atomic E-state index is 12.0. The number of anilines is 1. The molecular formula is C17H21NO3. The molecule has 1 N–H and O–H groups in total. The van der Waals surface area contributed by atoms with Crippen LogP contribution in [0.1, 0.15) is 43.5 Å². The molecule has 0 saturated heterocycles. The molecule has 0 spiro atoms. The molecule has 0 bridgehead atoms. The van der Waals surface area contributed by atoms with Crippen molar-refractivity contribution in [1.29, 1.82) is 0 Å². The van der Waals surface area contributed by atoms with Crippen LogP contribution in [-0.4, -0.2) is 18.4 Å². The first-order chi connectivity index (χ1) is 10.1. The number of Topliss-reactive ketones (excluding diaryl/α,β-unsaturated/α-hetero) is 1. The maximum Gasteiger partial charge on any atom is 0.338 e. The first-order valence-corrected chi connectivity index (χ1v) is 7.38. The van der Waals surface area contributed by atoms with Gasteiger partial charge in [0.25, 0.3) is 0 Å². The molecule has 1 saturated carbocycles. The molecule has 2 rings (SSSR count). The molecule has 1 aliphatic carbocycles. The number of nitrogens with one attached hydrogen (secondary N) is 1. The van der Waals surface area contributed by atoms with E-state index in [2.05, 4.69) is 5.32 Å². The van der Waals surface area contributed by atoms with Gasteiger partial charge in [0, 0.05) is 23.4 Å². The Bertz CT molecular complexity index is 546. The van der Waals surface area contributed by atoms with Gasteiger partial charge in [0.05, 0.1) is 12.2 Å². The SMILES string of the molecule is CCOC(=O)c1ccc(N/C=C2/CCC[C@H](C)C2=O)cc1. The minimum Gasteiger partial charge on any atom is -0.462 e. The lowest BCUT2D eigenvalue weighted by Crippen LogP contribution is -2.19. The highest BCUT2D eigenvalue weighted by Gasteiger charge is 2.22. The Morgan fingerprint density at radius 2 is 2.10 bits per heavy atom. The third-order valence-corrected chi connectivity index (χ3v) is 3.66. The van der Waals surface area contributed by atoms with Crippen LogP contribution in [0.15, 0.2) is 36.0 Å². The molecule has 0 heterocycles. The van der Waals surface area contributed by atoms with Gasteiger partial charge in [0.1, 0.15) is 0 Å². The fourth-order valence-electron chi connectivity index (χ4n) is 2.40. The highest BCUT2D eigenvalue weighted by Crippen LogP contribution is 2.24. The zero-order valence-electron chi connectivity index (χ0n) is 12.5. The summed E-state index contributed by atoms with van der Waals surface area (Å²) in [5, 5.41) is 3.13. The fourth-order valence-corrected chi connectivity index (χ4v) is 2.40. The zero-order chi connectivity index (χ0) is 15.2. The van der Waals surface area contributed by atoms with Gasteiger partial charge < -0.3 is 10.1 Å². The van der Waals surface area contributed by atoms with Crippen molar-refractivity contribution in [3.63, 3.8) is 0 Å². The number of hydrogen-bond donors (Lipinski definition) is 1. The Labute approximate surface area is 125 Å². The zero-order valence-corrected chi connectivity index (χ0v) is 12.5. The lowest BCUT2D eigenvalue weighted by Gasteiger charge is -2.19. The summed E-state index contributed by atoms with van der Waals surface area (Å²) in [6, 6.07) is 7.04. The van der Waals surface area contributed by atoms with Crippen LogP contribution in [0, 0.1) is 5.92 Å². The summed E-state index contributed by atoms with van der Waals surface area (Å²) in [5.41, 5.74) is 2.22. The Morgan fingerprint density at radius 1 is 1.38 bits per heavy atom. The monoisotopic (exact) mass is 287 g/mol. The van der Waals surface area contributed by atoms with Crippen LogP contribution in [0.2, 0.25) is 0 Å². The lowest BCUT2D eigenvalue weighted by atomic mass is 9.86. The molecule has 1 aromatic rings. The summed E-state index contributed by atoms with van der Waals surface area (Å²) in [4.78, 5) is 23.5. The van der Waals surface area contributed by atoms with E-state index in [-0.39, 0.29) is 17.7 Å². The molecule has 1 aliphatic rings. The average molecular weight is 287 g/mol. The number of carbonyl (C=O) groups excluding carboxylic acids is 2. The Kier molecular flexibility index (Phi) is 5.14. The van der Waals surface area contributed by atoms with Crippen molar-refractivity contribution in [3.05, 3.63) is 41.6 Å². The van der Waals surface area contributed by atoms with Crippen molar-refractivity contribution < 1.29 is 14.3 Å². The van der Waals surface area contributed by atoms with E-state index in [4.69, 9.17) is 4.74 Å². The van der Waals surface area contributed by atoms with E-state index in [1.54, 1.807) is 37.4 Å².